The summed E-state index contributed by atoms with van der Waals surface area (Å²) in [5.41, 5.74) is 3.94. The van der Waals surface area contributed by atoms with Crippen LogP contribution in [0.2, 0.25) is 0 Å². The number of hydrogen-bond acceptors (Lipinski definition) is 3. The number of carbonyl (C=O) groups is 2. The molecule has 0 spiro atoms. The molecule has 3 N–H and O–H groups in total. The maximum Gasteiger partial charge on any atom is 0.267 e. The van der Waals surface area contributed by atoms with Gasteiger partial charge in [0.2, 0.25) is 5.91 Å². The average molecular weight is 364 g/mol. The summed E-state index contributed by atoms with van der Waals surface area (Å²) in [6, 6.07) is 17.2. The molecule has 2 aromatic carbocycles. The first-order valence-corrected chi connectivity index (χ1v) is 9.26. The van der Waals surface area contributed by atoms with Gasteiger partial charge in [-0.3, -0.25) is 14.8 Å². The summed E-state index contributed by atoms with van der Waals surface area (Å²) in [4.78, 5) is 24.4. The quantitative estimate of drug-likeness (QED) is 0.410. The number of hydrogen-bond donors (Lipinski definition) is 3. The van der Waals surface area contributed by atoms with Crippen molar-refractivity contribution < 1.29 is 14.8 Å². The minimum absolute atomic E-state index is 0.0273. The third kappa shape index (κ3) is 4.83. The van der Waals surface area contributed by atoms with Gasteiger partial charge in [0.15, 0.2) is 0 Å². The van der Waals surface area contributed by atoms with Gasteiger partial charge in [0, 0.05) is 11.8 Å². The summed E-state index contributed by atoms with van der Waals surface area (Å²) in [5, 5.41) is 11.7. The van der Waals surface area contributed by atoms with Crippen molar-refractivity contribution in [1.29, 1.82) is 0 Å². The highest BCUT2D eigenvalue weighted by Gasteiger charge is 2.32. The highest BCUT2D eigenvalue weighted by Crippen LogP contribution is 2.38. The second-order valence-electron chi connectivity index (χ2n) is 6.82. The van der Waals surface area contributed by atoms with Gasteiger partial charge < -0.3 is 5.32 Å². The van der Waals surface area contributed by atoms with Gasteiger partial charge in [0.05, 0.1) is 5.92 Å². The second-order valence-corrected chi connectivity index (χ2v) is 6.82. The lowest BCUT2D eigenvalue weighted by molar-refractivity contribution is -0.124. The molecule has 5 heteroatoms. The maximum absolute atomic E-state index is 13.2. The van der Waals surface area contributed by atoms with Gasteiger partial charge in [-0.1, -0.05) is 61.4 Å². The van der Waals surface area contributed by atoms with E-state index >= 15 is 0 Å². The monoisotopic (exact) mass is 364 g/mol. The fourth-order valence-corrected chi connectivity index (χ4v) is 3.76. The number of amides is 2. The van der Waals surface area contributed by atoms with Crippen LogP contribution in [-0.2, 0) is 9.59 Å². The van der Waals surface area contributed by atoms with Crippen LogP contribution in [0.3, 0.4) is 0 Å². The Labute approximate surface area is 159 Å². The number of carbonyl (C=O) groups excluding carboxylic acids is 2. The van der Waals surface area contributed by atoms with Gasteiger partial charge in [0.1, 0.15) is 0 Å². The van der Waals surface area contributed by atoms with E-state index in [0.29, 0.717) is 17.2 Å². The summed E-state index contributed by atoms with van der Waals surface area (Å²) in [7, 11) is 0. The lowest BCUT2D eigenvalue weighted by Crippen LogP contribution is -2.26. The van der Waals surface area contributed by atoms with Crippen LogP contribution in [0.1, 0.15) is 42.7 Å². The van der Waals surface area contributed by atoms with Crippen molar-refractivity contribution in [3.8, 4) is 0 Å². The van der Waals surface area contributed by atoms with E-state index in [9.17, 15) is 9.59 Å². The molecule has 0 saturated heterocycles. The second kappa shape index (κ2) is 9.14. The van der Waals surface area contributed by atoms with Gasteiger partial charge in [-0.25, -0.2) is 5.48 Å². The molecule has 0 aliphatic heterocycles. The molecule has 140 valence electrons. The molecule has 27 heavy (non-hydrogen) atoms. The third-order valence-corrected chi connectivity index (χ3v) is 5.06. The SMILES string of the molecule is O=C(/C=C/c1ccccc1NC(=O)C(c1ccccc1)C1CCCC1)NO. The Kier molecular flexibility index (Phi) is 6.39. The fraction of sp³-hybridized carbons (Fsp3) is 0.273. The number of benzene rings is 2. The van der Waals surface area contributed by atoms with Gasteiger partial charge >= 0.3 is 0 Å². The lowest BCUT2D eigenvalue weighted by Gasteiger charge is -2.23. The first kappa shape index (κ1) is 18.9. The molecule has 1 saturated carbocycles. The molecule has 1 atom stereocenters. The smallest absolute Gasteiger partial charge is 0.267 e. The zero-order chi connectivity index (χ0) is 19.1. The zero-order valence-corrected chi connectivity index (χ0v) is 15.1. The Bertz CT molecular complexity index is 811. The molecule has 3 rings (SSSR count). The number of hydroxylamine groups is 1. The molecule has 1 fully saturated rings. The van der Waals surface area contributed by atoms with Crippen LogP contribution in [0.25, 0.3) is 6.08 Å². The predicted molar refractivity (Wildman–Crippen MR) is 105 cm³/mol. The van der Waals surface area contributed by atoms with Gasteiger partial charge in [-0.15, -0.1) is 0 Å². The highest BCUT2D eigenvalue weighted by molar-refractivity contribution is 5.99. The van der Waals surface area contributed by atoms with Gasteiger partial charge in [-0.05, 0) is 42.0 Å². The number of para-hydroxylation sites is 1. The lowest BCUT2D eigenvalue weighted by atomic mass is 9.84. The third-order valence-electron chi connectivity index (χ3n) is 5.06. The molecule has 1 aliphatic rings. The van der Waals surface area contributed by atoms with E-state index in [1.165, 1.54) is 6.08 Å². The van der Waals surface area contributed by atoms with E-state index in [0.717, 1.165) is 31.2 Å². The number of rotatable bonds is 6. The first-order valence-electron chi connectivity index (χ1n) is 9.26. The standard InChI is InChI=1S/C22H24N2O3/c25-20(24-27)15-14-16-8-6-7-13-19(16)23-22(26)21(18-11-4-5-12-18)17-9-2-1-3-10-17/h1-3,6-10,13-15,18,21,27H,4-5,11-12H2,(H,23,26)(H,24,25)/b15-14+. The van der Waals surface area contributed by atoms with E-state index in [2.05, 4.69) is 5.32 Å². The topological polar surface area (TPSA) is 78.4 Å². The number of nitrogens with one attached hydrogen (secondary N) is 2. The van der Waals surface area contributed by atoms with Crippen LogP contribution in [-0.4, -0.2) is 17.0 Å². The predicted octanol–water partition coefficient (Wildman–Crippen LogP) is 4.12. The van der Waals surface area contributed by atoms with E-state index in [-0.39, 0.29) is 11.8 Å². The molecule has 0 heterocycles. The van der Waals surface area contributed by atoms with Crippen molar-refractivity contribution in [3.63, 3.8) is 0 Å². The van der Waals surface area contributed by atoms with E-state index in [4.69, 9.17) is 5.21 Å². The van der Waals surface area contributed by atoms with Gasteiger partial charge in [-0.2, -0.15) is 0 Å². The molecule has 0 radical (unpaired) electrons. The number of anilines is 1. The van der Waals surface area contributed by atoms with Crippen molar-refractivity contribution in [2.45, 2.75) is 31.6 Å². The summed E-state index contributed by atoms with van der Waals surface area (Å²) in [5.74, 6) is -0.494. The van der Waals surface area contributed by atoms with Crippen LogP contribution in [0.5, 0.6) is 0 Å². The zero-order valence-electron chi connectivity index (χ0n) is 15.1. The Morgan fingerprint density at radius 2 is 1.67 bits per heavy atom. The first-order chi connectivity index (χ1) is 13.2. The summed E-state index contributed by atoms with van der Waals surface area (Å²) < 4.78 is 0. The van der Waals surface area contributed by atoms with E-state index in [1.807, 2.05) is 54.6 Å². The Balaban J connectivity index is 1.84. The van der Waals surface area contributed by atoms with Crippen molar-refractivity contribution in [2.75, 3.05) is 5.32 Å². The Morgan fingerprint density at radius 3 is 2.37 bits per heavy atom. The van der Waals surface area contributed by atoms with Crippen LogP contribution in [0, 0.1) is 5.92 Å². The van der Waals surface area contributed by atoms with Crippen molar-refractivity contribution in [1.82, 2.24) is 5.48 Å². The van der Waals surface area contributed by atoms with Crippen molar-refractivity contribution in [2.24, 2.45) is 5.92 Å². The van der Waals surface area contributed by atoms with E-state index < -0.39 is 5.91 Å². The molecular formula is C22H24N2O3. The summed E-state index contributed by atoms with van der Waals surface area (Å²) in [6.07, 6.45) is 7.23. The molecule has 1 unspecified atom stereocenters. The normalized spacial score (nSPS) is 15.6. The van der Waals surface area contributed by atoms with Crippen LogP contribution in [0.4, 0.5) is 5.69 Å². The summed E-state index contributed by atoms with van der Waals surface area (Å²) >= 11 is 0. The summed E-state index contributed by atoms with van der Waals surface area (Å²) in [6.45, 7) is 0. The largest absolute Gasteiger partial charge is 0.325 e. The molecule has 2 amide bonds. The average Bonchev–Trinajstić information content (AvgIpc) is 3.22. The van der Waals surface area contributed by atoms with Crippen molar-refractivity contribution >= 4 is 23.6 Å². The molecule has 5 nitrogen and oxygen atoms in total. The Morgan fingerprint density at radius 1 is 1.00 bits per heavy atom. The maximum atomic E-state index is 13.2. The molecule has 0 bridgehead atoms. The van der Waals surface area contributed by atoms with Gasteiger partial charge in [0.25, 0.3) is 5.91 Å². The van der Waals surface area contributed by atoms with Crippen LogP contribution < -0.4 is 10.8 Å². The minimum atomic E-state index is -0.621. The molecule has 2 aromatic rings. The minimum Gasteiger partial charge on any atom is -0.325 e. The fourth-order valence-electron chi connectivity index (χ4n) is 3.76. The molecule has 1 aliphatic carbocycles. The molecular weight excluding hydrogens is 340 g/mol. The van der Waals surface area contributed by atoms with E-state index in [1.54, 1.807) is 11.6 Å². The van der Waals surface area contributed by atoms with Crippen molar-refractivity contribution in [3.05, 3.63) is 71.8 Å². The molecule has 0 aromatic heterocycles. The van der Waals surface area contributed by atoms with Crippen LogP contribution in [0.15, 0.2) is 60.7 Å². The Hall–Kier alpha value is -2.92. The van der Waals surface area contributed by atoms with Crippen LogP contribution >= 0.6 is 0 Å². The highest BCUT2D eigenvalue weighted by atomic mass is 16.5.